The molecule has 0 aliphatic heterocycles. The Labute approximate surface area is 151 Å². The second kappa shape index (κ2) is 7.49. The van der Waals surface area contributed by atoms with Crippen LogP contribution in [-0.4, -0.2) is 50.3 Å². The molecule has 2 rings (SSSR count). The van der Waals surface area contributed by atoms with Crippen molar-refractivity contribution in [3.63, 3.8) is 0 Å². The van der Waals surface area contributed by atoms with Gasteiger partial charge in [0.25, 0.3) is 5.92 Å². The lowest BCUT2D eigenvalue weighted by molar-refractivity contribution is -0.138. The molecule has 0 radical (unpaired) electrons. The molecule has 2 atom stereocenters. The number of hydrogen-bond donors (Lipinski definition) is 3. The number of aromatic nitrogens is 3. The third kappa shape index (κ3) is 4.99. The van der Waals surface area contributed by atoms with Crippen LogP contribution in [0.3, 0.4) is 0 Å². The molecular weight excluding hydrogens is 380 g/mol. The molecule has 0 amide bonds. The first kappa shape index (κ1) is 21.2. The topological polar surface area (TPSA) is 83.0 Å². The van der Waals surface area contributed by atoms with Gasteiger partial charge in [-0.3, -0.25) is 0 Å². The van der Waals surface area contributed by atoms with Crippen molar-refractivity contribution >= 4 is 17.5 Å². The molecule has 1 aromatic rings. The number of rotatable bonds is 5. The number of anilines is 2. The fraction of sp³-hybridized carbons (Fsp3) is 0.667. The summed E-state index contributed by atoms with van der Waals surface area (Å²) >= 11 is 0. The van der Waals surface area contributed by atoms with Gasteiger partial charge in [0.05, 0.1) is 0 Å². The molecule has 0 saturated carbocycles. The Hall–Kier alpha value is -2.11. The first-order chi connectivity index (χ1) is 12.3. The predicted octanol–water partition coefficient (Wildman–Crippen LogP) is 3.53. The monoisotopic (exact) mass is 399 g/mol. The quantitative estimate of drug-likeness (QED) is 0.658. The summed E-state index contributed by atoms with van der Waals surface area (Å²) in [6, 6.07) is -2.23. The van der Waals surface area contributed by atoms with Crippen LogP contribution in [0.1, 0.15) is 39.4 Å². The van der Waals surface area contributed by atoms with E-state index < -0.39 is 60.3 Å². The molecule has 0 spiro atoms. The van der Waals surface area contributed by atoms with Crippen molar-refractivity contribution in [3.05, 3.63) is 11.7 Å². The number of hydrogen-bond acceptors (Lipinski definition) is 6. The van der Waals surface area contributed by atoms with Crippen LogP contribution in [0.5, 0.6) is 0 Å². The summed E-state index contributed by atoms with van der Waals surface area (Å²) in [6.45, 7) is 4.25. The van der Waals surface area contributed by atoms with E-state index in [9.17, 15) is 31.4 Å². The molecule has 0 fully saturated rings. The van der Waals surface area contributed by atoms with Gasteiger partial charge in [-0.05, 0) is 27.2 Å². The summed E-state index contributed by atoms with van der Waals surface area (Å²) in [5, 5.41) is 14.2. The number of alkyl halides is 5. The smallest absolute Gasteiger partial charge is 0.380 e. The lowest BCUT2D eigenvalue weighted by Crippen LogP contribution is -2.37. The van der Waals surface area contributed by atoms with E-state index in [0.717, 1.165) is 6.92 Å². The minimum atomic E-state index is -4.59. The van der Waals surface area contributed by atoms with E-state index in [1.165, 1.54) is 0 Å². The highest BCUT2D eigenvalue weighted by Crippen LogP contribution is 2.41. The minimum Gasteiger partial charge on any atom is -0.380 e. The Kier molecular flexibility index (Phi) is 5.88. The molecule has 0 bridgehead atoms. The van der Waals surface area contributed by atoms with E-state index in [1.54, 1.807) is 13.8 Å². The summed E-state index contributed by atoms with van der Waals surface area (Å²) in [5.41, 5.74) is -0.398. The maximum Gasteiger partial charge on any atom is 0.408 e. The second-order valence-electron chi connectivity index (χ2n) is 6.50. The van der Waals surface area contributed by atoms with Gasteiger partial charge in [0, 0.05) is 18.0 Å². The van der Waals surface area contributed by atoms with Crippen molar-refractivity contribution in [2.24, 2.45) is 0 Å². The van der Waals surface area contributed by atoms with Crippen LogP contribution >= 0.6 is 0 Å². The van der Waals surface area contributed by atoms with Gasteiger partial charge in [-0.2, -0.15) is 28.1 Å². The largest absolute Gasteiger partial charge is 0.408 e. The molecule has 1 aromatic heterocycles. The molecule has 12 heteroatoms. The van der Waals surface area contributed by atoms with E-state index in [-0.39, 0.29) is 12.0 Å². The zero-order valence-electron chi connectivity index (χ0n) is 14.7. The maximum absolute atomic E-state index is 14.2. The average Bonchev–Trinajstić information content (AvgIpc) is 2.51. The molecule has 1 aliphatic carbocycles. The van der Waals surface area contributed by atoms with Crippen LogP contribution in [0, 0.1) is 0 Å². The van der Waals surface area contributed by atoms with Crippen molar-refractivity contribution in [1.29, 1.82) is 0 Å². The van der Waals surface area contributed by atoms with Crippen LogP contribution in [0.25, 0.3) is 5.57 Å². The maximum atomic E-state index is 14.2. The van der Waals surface area contributed by atoms with Gasteiger partial charge in [-0.1, -0.05) is 0 Å². The lowest BCUT2D eigenvalue weighted by Gasteiger charge is -2.27. The second-order valence-corrected chi connectivity index (χ2v) is 6.50. The van der Waals surface area contributed by atoms with E-state index in [1.807, 2.05) is 5.32 Å². The highest BCUT2D eigenvalue weighted by molar-refractivity contribution is 5.66. The van der Waals surface area contributed by atoms with Crippen molar-refractivity contribution in [2.75, 3.05) is 10.6 Å². The lowest BCUT2D eigenvalue weighted by atomic mass is 9.92. The Balaban J connectivity index is 2.46. The first-order valence-electron chi connectivity index (χ1n) is 8.12. The number of halogens is 6. The summed E-state index contributed by atoms with van der Waals surface area (Å²) in [5.74, 6) is -6.23. The summed E-state index contributed by atoms with van der Waals surface area (Å²) < 4.78 is 79.4. The minimum absolute atomic E-state index is 0.154. The highest BCUT2D eigenvalue weighted by Gasteiger charge is 2.46. The van der Waals surface area contributed by atoms with Gasteiger partial charge >= 0.3 is 6.18 Å². The van der Waals surface area contributed by atoms with Crippen molar-refractivity contribution in [3.8, 4) is 0 Å². The fourth-order valence-corrected chi connectivity index (χ4v) is 2.29. The SMILES string of the molecule is CC(C)Nc1nc(N[C@H](C)C(F)(F)F)nc(C2=C(F)[C@H](O)C(F)(F)CC2)n1. The third-order valence-corrected chi connectivity index (χ3v) is 3.80. The number of allylic oxidation sites excluding steroid dienone is 1. The van der Waals surface area contributed by atoms with E-state index in [4.69, 9.17) is 0 Å². The molecule has 27 heavy (non-hydrogen) atoms. The van der Waals surface area contributed by atoms with Crippen LogP contribution in [0.15, 0.2) is 5.83 Å². The van der Waals surface area contributed by atoms with Gasteiger partial charge in [-0.15, -0.1) is 0 Å². The van der Waals surface area contributed by atoms with Crippen molar-refractivity contribution in [2.45, 2.75) is 63.9 Å². The number of nitrogens with one attached hydrogen (secondary N) is 2. The van der Waals surface area contributed by atoms with Crippen molar-refractivity contribution < 1.29 is 31.4 Å². The van der Waals surface area contributed by atoms with Gasteiger partial charge < -0.3 is 15.7 Å². The Bertz CT molecular complexity index is 721. The van der Waals surface area contributed by atoms with E-state index in [2.05, 4.69) is 20.3 Å². The molecule has 3 N–H and O–H groups in total. The number of nitrogens with zero attached hydrogens (tertiary/aromatic N) is 3. The molecule has 0 saturated heterocycles. The molecule has 0 unspecified atom stereocenters. The normalized spacial score (nSPS) is 21.4. The summed E-state index contributed by atoms with van der Waals surface area (Å²) in [6.07, 6.45) is -8.59. The van der Waals surface area contributed by atoms with Gasteiger partial charge in [0.2, 0.25) is 11.9 Å². The zero-order chi connectivity index (χ0) is 20.6. The molecule has 1 heterocycles. The van der Waals surface area contributed by atoms with Gasteiger partial charge in [0.15, 0.2) is 11.9 Å². The summed E-state index contributed by atoms with van der Waals surface area (Å²) in [4.78, 5) is 11.4. The molecule has 0 aromatic carbocycles. The standard InChI is InChI=1S/C15H19F6N5O/c1-6(2)22-12-24-11(8-4-5-14(17,18)10(27)9(8)16)25-13(26-12)23-7(3)15(19,20)21/h6-7,10,27H,4-5H2,1-3H3,(H2,22,23,24,25,26)/t7-,10+/m1/s1. The highest BCUT2D eigenvalue weighted by atomic mass is 19.4. The summed E-state index contributed by atoms with van der Waals surface area (Å²) in [7, 11) is 0. The van der Waals surface area contributed by atoms with E-state index in [0.29, 0.717) is 0 Å². The Morgan fingerprint density at radius 3 is 2.15 bits per heavy atom. The molecule has 1 aliphatic rings. The fourth-order valence-electron chi connectivity index (χ4n) is 2.29. The molecular formula is C15H19F6N5O. The predicted molar refractivity (Wildman–Crippen MR) is 85.9 cm³/mol. The van der Waals surface area contributed by atoms with Gasteiger partial charge in [-0.25, -0.2) is 13.2 Å². The van der Waals surface area contributed by atoms with Crippen LogP contribution in [0.4, 0.5) is 38.2 Å². The average molecular weight is 399 g/mol. The van der Waals surface area contributed by atoms with Crippen LogP contribution < -0.4 is 10.6 Å². The first-order valence-corrected chi connectivity index (χ1v) is 8.12. The van der Waals surface area contributed by atoms with Gasteiger partial charge in [0.1, 0.15) is 11.9 Å². The van der Waals surface area contributed by atoms with Crippen LogP contribution in [-0.2, 0) is 0 Å². The molecule has 152 valence electrons. The third-order valence-electron chi connectivity index (χ3n) is 3.80. The van der Waals surface area contributed by atoms with Crippen LogP contribution in [0.2, 0.25) is 0 Å². The van der Waals surface area contributed by atoms with Crippen molar-refractivity contribution in [1.82, 2.24) is 15.0 Å². The zero-order valence-corrected chi connectivity index (χ0v) is 14.7. The Morgan fingerprint density at radius 1 is 1.07 bits per heavy atom. The Morgan fingerprint density at radius 2 is 1.63 bits per heavy atom. The number of aliphatic hydroxyl groups excluding tert-OH is 1. The molecule has 6 nitrogen and oxygen atoms in total. The number of aliphatic hydroxyl groups is 1. The van der Waals surface area contributed by atoms with E-state index >= 15 is 0 Å².